The summed E-state index contributed by atoms with van der Waals surface area (Å²) in [6, 6.07) is 0. The van der Waals surface area contributed by atoms with Gasteiger partial charge in [-0.2, -0.15) is 8.78 Å². The Morgan fingerprint density at radius 1 is 1.50 bits per heavy atom. The van der Waals surface area contributed by atoms with Gasteiger partial charge in [-0.3, -0.25) is 4.98 Å². The molecule has 6 heteroatoms. The SMILES string of the molecule is CC(F)(F)c1ncc(C(=O)O)nc1C1=CCCC1. The third-order valence-corrected chi connectivity index (χ3v) is 2.75. The van der Waals surface area contributed by atoms with Gasteiger partial charge in [0.15, 0.2) is 5.69 Å². The number of carboxylic acid groups (broad SMARTS) is 1. The van der Waals surface area contributed by atoms with Crippen LogP contribution in [0.1, 0.15) is 48.1 Å². The summed E-state index contributed by atoms with van der Waals surface area (Å²) in [6.07, 6.45) is 4.96. The van der Waals surface area contributed by atoms with Gasteiger partial charge in [-0.05, 0) is 24.8 Å². The van der Waals surface area contributed by atoms with Crippen LogP contribution in [0.15, 0.2) is 12.3 Å². The van der Waals surface area contributed by atoms with Crippen molar-refractivity contribution in [2.75, 3.05) is 0 Å². The van der Waals surface area contributed by atoms with Gasteiger partial charge in [-0.15, -0.1) is 0 Å². The number of alkyl halides is 2. The van der Waals surface area contributed by atoms with Crippen molar-refractivity contribution in [2.24, 2.45) is 0 Å². The van der Waals surface area contributed by atoms with E-state index in [0.717, 1.165) is 26.0 Å². The van der Waals surface area contributed by atoms with Crippen LogP contribution in [0.5, 0.6) is 0 Å². The maximum atomic E-state index is 13.4. The molecule has 1 N–H and O–H groups in total. The predicted octanol–water partition coefficient (Wildman–Crippen LogP) is 2.85. The maximum absolute atomic E-state index is 13.4. The van der Waals surface area contributed by atoms with Crippen molar-refractivity contribution in [3.8, 4) is 0 Å². The summed E-state index contributed by atoms with van der Waals surface area (Å²) in [4.78, 5) is 18.2. The molecule has 18 heavy (non-hydrogen) atoms. The number of rotatable bonds is 3. The average molecular weight is 254 g/mol. The molecule has 1 heterocycles. The summed E-state index contributed by atoms with van der Waals surface area (Å²) < 4.78 is 26.8. The second-order valence-electron chi connectivity index (χ2n) is 4.27. The monoisotopic (exact) mass is 254 g/mol. The summed E-state index contributed by atoms with van der Waals surface area (Å²) >= 11 is 0. The Labute approximate surface area is 102 Å². The fourth-order valence-corrected chi connectivity index (χ4v) is 1.92. The van der Waals surface area contributed by atoms with Crippen LogP contribution in [-0.2, 0) is 5.92 Å². The molecule has 0 spiro atoms. The molecule has 0 aromatic carbocycles. The van der Waals surface area contributed by atoms with Crippen molar-refractivity contribution in [3.63, 3.8) is 0 Å². The second kappa shape index (κ2) is 4.44. The highest BCUT2D eigenvalue weighted by atomic mass is 19.3. The van der Waals surface area contributed by atoms with Gasteiger partial charge in [0.2, 0.25) is 0 Å². The van der Waals surface area contributed by atoms with E-state index in [-0.39, 0.29) is 11.4 Å². The van der Waals surface area contributed by atoms with Gasteiger partial charge >= 0.3 is 5.97 Å². The van der Waals surface area contributed by atoms with Crippen LogP contribution in [0.25, 0.3) is 5.57 Å². The Bertz CT molecular complexity index is 521. The molecular weight excluding hydrogens is 242 g/mol. The summed E-state index contributed by atoms with van der Waals surface area (Å²) in [5.41, 5.74) is -0.103. The summed E-state index contributed by atoms with van der Waals surface area (Å²) in [5.74, 6) is -4.41. The van der Waals surface area contributed by atoms with Gasteiger partial charge in [0.05, 0.1) is 11.9 Å². The number of carbonyl (C=O) groups is 1. The van der Waals surface area contributed by atoms with Gasteiger partial charge in [0.25, 0.3) is 5.92 Å². The number of nitrogens with zero attached hydrogens (tertiary/aromatic N) is 2. The maximum Gasteiger partial charge on any atom is 0.356 e. The molecule has 2 rings (SSSR count). The number of aromatic carboxylic acids is 1. The molecule has 0 amide bonds. The third-order valence-electron chi connectivity index (χ3n) is 2.75. The van der Waals surface area contributed by atoms with Crippen molar-refractivity contribution >= 4 is 11.5 Å². The van der Waals surface area contributed by atoms with Crippen LogP contribution in [0.2, 0.25) is 0 Å². The molecule has 0 fully saturated rings. The lowest BCUT2D eigenvalue weighted by atomic mass is 10.1. The average Bonchev–Trinajstić information content (AvgIpc) is 2.80. The summed E-state index contributed by atoms with van der Waals surface area (Å²) in [5, 5.41) is 8.84. The zero-order chi connectivity index (χ0) is 13.3. The quantitative estimate of drug-likeness (QED) is 0.900. The fourth-order valence-electron chi connectivity index (χ4n) is 1.92. The largest absolute Gasteiger partial charge is 0.476 e. The first-order valence-electron chi connectivity index (χ1n) is 5.57. The van der Waals surface area contributed by atoms with Crippen LogP contribution >= 0.6 is 0 Å². The molecule has 1 aromatic rings. The van der Waals surface area contributed by atoms with E-state index in [9.17, 15) is 13.6 Å². The first kappa shape index (κ1) is 12.6. The summed E-state index contributed by atoms with van der Waals surface area (Å²) in [6.45, 7) is 0.733. The normalized spacial score (nSPS) is 15.6. The number of halogens is 2. The lowest BCUT2D eigenvalue weighted by molar-refractivity contribution is 0.0118. The molecule has 0 unspecified atom stereocenters. The van der Waals surface area contributed by atoms with Crippen LogP contribution in [0, 0.1) is 0 Å². The van der Waals surface area contributed by atoms with Crippen LogP contribution < -0.4 is 0 Å². The van der Waals surface area contributed by atoms with E-state index < -0.39 is 17.6 Å². The molecule has 0 aliphatic heterocycles. The minimum Gasteiger partial charge on any atom is -0.476 e. The van der Waals surface area contributed by atoms with E-state index in [1.54, 1.807) is 0 Å². The van der Waals surface area contributed by atoms with Crippen molar-refractivity contribution < 1.29 is 18.7 Å². The number of hydrogen-bond donors (Lipinski definition) is 1. The van der Waals surface area contributed by atoms with Gasteiger partial charge in [0.1, 0.15) is 5.69 Å². The highest BCUT2D eigenvalue weighted by Gasteiger charge is 2.32. The van der Waals surface area contributed by atoms with E-state index in [1.165, 1.54) is 0 Å². The van der Waals surface area contributed by atoms with Gasteiger partial charge in [-0.1, -0.05) is 6.08 Å². The molecule has 0 atom stereocenters. The van der Waals surface area contributed by atoms with Crippen molar-refractivity contribution in [2.45, 2.75) is 32.1 Å². The molecule has 1 aliphatic rings. The molecule has 4 nitrogen and oxygen atoms in total. The van der Waals surface area contributed by atoms with E-state index in [0.29, 0.717) is 12.0 Å². The fraction of sp³-hybridized carbons (Fsp3) is 0.417. The molecule has 96 valence electrons. The first-order chi connectivity index (χ1) is 8.39. The third kappa shape index (κ3) is 2.37. The lowest BCUT2D eigenvalue weighted by Crippen LogP contribution is -2.16. The van der Waals surface area contributed by atoms with Crippen LogP contribution in [0.3, 0.4) is 0 Å². The van der Waals surface area contributed by atoms with Crippen molar-refractivity contribution in [1.82, 2.24) is 9.97 Å². The van der Waals surface area contributed by atoms with Crippen molar-refractivity contribution in [3.05, 3.63) is 29.4 Å². The standard InChI is InChI=1S/C12H12F2N2O2/c1-12(13,14)10-9(7-4-2-3-5-7)16-8(6-15-10)11(17)18/h4,6H,2-3,5H2,1H3,(H,17,18). The van der Waals surface area contributed by atoms with E-state index in [4.69, 9.17) is 5.11 Å². The molecule has 0 bridgehead atoms. The highest BCUT2D eigenvalue weighted by molar-refractivity contribution is 5.85. The Kier molecular flexibility index (Phi) is 3.11. The second-order valence-corrected chi connectivity index (χ2v) is 4.27. The Balaban J connectivity index is 2.57. The summed E-state index contributed by atoms with van der Waals surface area (Å²) in [7, 11) is 0. The van der Waals surface area contributed by atoms with Crippen molar-refractivity contribution in [1.29, 1.82) is 0 Å². The van der Waals surface area contributed by atoms with E-state index in [2.05, 4.69) is 9.97 Å². The smallest absolute Gasteiger partial charge is 0.356 e. The Morgan fingerprint density at radius 2 is 2.22 bits per heavy atom. The molecule has 0 saturated carbocycles. The lowest BCUT2D eigenvalue weighted by Gasteiger charge is -2.14. The highest BCUT2D eigenvalue weighted by Crippen LogP contribution is 2.34. The van der Waals surface area contributed by atoms with E-state index in [1.807, 2.05) is 6.08 Å². The minimum atomic E-state index is -3.14. The molecule has 1 aliphatic carbocycles. The Hall–Kier alpha value is -1.85. The number of aromatic nitrogens is 2. The van der Waals surface area contributed by atoms with Gasteiger partial charge in [-0.25, -0.2) is 9.78 Å². The van der Waals surface area contributed by atoms with E-state index >= 15 is 0 Å². The number of carboxylic acids is 1. The van der Waals surface area contributed by atoms with Crippen LogP contribution in [0.4, 0.5) is 8.78 Å². The molecule has 1 aromatic heterocycles. The number of allylic oxidation sites excluding steroid dienone is 2. The van der Waals surface area contributed by atoms with Gasteiger partial charge < -0.3 is 5.11 Å². The molecule has 0 saturated heterocycles. The first-order valence-corrected chi connectivity index (χ1v) is 5.57. The minimum absolute atomic E-state index is 0.0138. The Morgan fingerprint density at radius 3 is 2.72 bits per heavy atom. The van der Waals surface area contributed by atoms with Gasteiger partial charge in [0, 0.05) is 6.92 Å². The molecular formula is C12H12F2N2O2. The number of hydrogen-bond acceptors (Lipinski definition) is 3. The zero-order valence-electron chi connectivity index (χ0n) is 9.78. The van der Waals surface area contributed by atoms with Crippen LogP contribution in [-0.4, -0.2) is 21.0 Å². The zero-order valence-corrected chi connectivity index (χ0v) is 9.78. The predicted molar refractivity (Wildman–Crippen MR) is 60.4 cm³/mol. The molecule has 0 radical (unpaired) electrons. The topological polar surface area (TPSA) is 63.1 Å².